The lowest BCUT2D eigenvalue weighted by molar-refractivity contribution is -0.144. The number of rotatable bonds is 4. The predicted molar refractivity (Wildman–Crippen MR) is 69.6 cm³/mol. The van der Waals surface area contributed by atoms with E-state index in [0.717, 1.165) is 30.8 Å². The van der Waals surface area contributed by atoms with Crippen LogP contribution in [0.1, 0.15) is 29.0 Å². The van der Waals surface area contributed by atoms with Crippen LogP contribution in [-0.4, -0.2) is 26.3 Å². The smallest absolute Gasteiger partial charge is 0.313 e. The Balaban J connectivity index is 2.23. The number of esters is 1. The van der Waals surface area contributed by atoms with Gasteiger partial charge < -0.3 is 9.47 Å². The van der Waals surface area contributed by atoms with Crippen molar-refractivity contribution in [1.29, 1.82) is 0 Å². The second kappa shape index (κ2) is 5.53. The van der Waals surface area contributed by atoms with Gasteiger partial charge in [0.2, 0.25) is 0 Å². The van der Waals surface area contributed by atoms with Crippen LogP contribution in [0, 0.1) is 19.8 Å². The second-order valence-corrected chi connectivity index (χ2v) is 5.07. The number of ether oxygens (including phenoxy) is 2. The van der Waals surface area contributed by atoms with Gasteiger partial charge in [-0.2, -0.15) is 0 Å². The maximum Gasteiger partial charge on any atom is 0.313 e. The minimum atomic E-state index is -0.163. The van der Waals surface area contributed by atoms with Gasteiger partial charge in [-0.15, -0.1) is 0 Å². The summed E-state index contributed by atoms with van der Waals surface area (Å²) in [7, 11) is 1.45. The predicted octanol–water partition coefficient (Wildman–Crippen LogP) is 2.60. The van der Waals surface area contributed by atoms with Gasteiger partial charge >= 0.3 is 5.97 Å². The monoisotopic (exact) mass is 248 g/mol. The van der Waals surface area contributed by atoms with Crippen molar-refractivity contribution < 1.29 is 14.3 Å². The van der Waals surface area contributed by atoms with E-state index in [9.17, 15) is 4.79 Å². The molecule has 1 saturated heterocycles. The summed E-state index contributed by atoms with van der Waals surface area (Å²) in [5, 5.41) is 0. The first-order chi connectivity index (χ1) is 8.61. The van der Waals surface area contributed by atoms with Crippen molar-refractivity contribution in [3.8, 4) is 0 Å². The molecular weight excluding hydrogens is 228 g/mol. The second-order valence-electron chi connectivity index (χ2n) is 5.07. The van der Waals surface area contributed by atoms with Gasteiger partial charge in [-0.1, -0.05) is 23.8 Å². The van der Waals surface area contributed by atoms with Crippen LogP contribution < -0.4 is 0 Å². The molecule has 0 bridgehead atoms. The van der Waals surface area contributed by atoms with Gasteiger partial charge in [0.1, 0.15) is 0 Å². The first-order valence-corrected chi connectivity index (χ1v) is 6.34. The molecule has 1 fully saturated rings. The first kappa shape index (κ1) is 13.1. The summed E-state index contributed by atoms with van der Waals surface area (Å²) in [5.41, 5.74) is 3.46. The quantitative estimate of drug-likeness (QED) is 0.768. The van der Waals surface area contributed by atoms with E-state index in [-0.39, 0.29) is 11.9 Å². The zero-order valence-electron chi connectivity index (χ0n) is 11.2. The minimum Gasteiger partial charge on any atom is -0.469 e. The Labute approximate surface area is 108 Å². The number of hydrogen-bond acceptors (Lipinski definition) is 3. The number of hydrogen-bond donors (Lipinski definition) is 0. The summed E-state index contributed by atoms with van der Waals surface area (Å²) in [4.78, 5) is 12.0. The van der Waals surface area contributed by atoms with Crippen molar-refractivity contribution in [2.75, 3.05) is 20.3 Å². The van der Waals surface area contributed by atoms with E-state index < -0.39 is 0 Å². The molecule has 1 aromatic rings. The van der Waals surface area contributed by atoms with Gasteiger partial charge in [-0.05, 0) is 31.4 Å². The topological polar surface area (TPSA) is 35.5 Å². The maximum absolute atomic E-state index is 12.0. The summed E-state index contributed by atoms with van der Waals surface area (Å²) in [6.07, 6.45) is 0.816. The Bertz CT molecular complexity index is 435. The Morgan fingerprint density at radius 2 is 2.17 bits per heavy atom. The molecule has 2 rings (SSSR count). The van der Waals surface area contributed by atoms with Crippen molar-refractivity contribution in [2.24, 2.45) is 5.92 Å². The highest BCUT2D eigenvalue weighted by molar-refractivity contribution is 5.78. The fourth-order valence-corrected chi connectivity index (χ4v) is 2.46. The molecule has 0 spiro atoms. The van der Waals surface area contributed by atoms with Crippen molar-refractivity contribution >= 4 is 5.97 Å². The molecule has 1 aliphatic rings. The summed E-state index contributed by atoms with van der Waals surface area (Å²) in [5.74, 6) is 0.174. The highest BCUT2D eigenvalue weighted by Crippen LogP contribution is 2.31. The van der Waals surface area contributed by atoms with Crippen LogP contribution in [0.5, 0.6) is 0 Å². The largest absolute Gasteiger partial charge is 0.469 e. The Morgan fingerprint density at radius 1 is 1.44 bits per heavy atom. The molecule has 3 nitrogen and oxygen atoms in total. The van der Waals surface area contributed by atoms with E-state index in [2.05, 4.69) is 26.0 Å². The lowest BCUT2D eigenvalue weighted by atomic mass is 9.85. The van der Waals surface area contributed by atoms with Crippen LogP contribution in [0.2, 0.25) is 0 Å². The van der Waals surface area contributed by atoms with Crippen molar-refractivity contribution in [3.63, 3.8) is 0 Å². The number of methoxy groups -OCH3 is 1. The molecule has 1 aliphatic heterocycles. The Hall–Kier alpha value is -1.35. The summed E-state index contributed by atoms with van der Waals surface area (Å²) in [6, 6.07) is 6.21. The van der Waals surface area contributed by atoms with E-state index in [4.69, 9.17) is 9.47 Å². The molecule has 0 amide bonds. The normalized spacial score (nSPS) is 17.1. The number of carbonyl (C=O) groups excluding carboxylic acids is 1. The molecule has 1 unspecified atom stereocenters. The Morgan fingerprint density at radius 3 is 2.67 bits per heavy atom. The summed E-state index contributed by atoms with van der Waals surface area (Å²) in [6.45, 7) is 5.63. The zero-order valence-corrected chi connectivity index (χ0v) is 11.2. The van der Waals surface area contributed by atoms with Gasteiger partial charge in [0.15, 0.2) is 0 Å². The highest BCUT2D eigenvalue weighted by atomic mass is 16.5. The van der Waals surface area contributed by atoms with Gasteiger partial charge in [0.25, 0.3) is 0 Å². The van der Waals surface area contributed by atoms with Crippen molar-refractivity contribution in [3.05, 3.63) is 34.9 Å². The standard InChI is InChI=1S/C15H20O3/c1-10-4-5-13(11(2)6-10)14(15(16)17-3)7-12-8-18-9-12/h4-6,12,14H,7-9H2,1-3H3. The van der Waals surface area contributed by atoms with Crippen molar-refractivity contribution in [2.45, 2.75) is 26.2 Å². The third kappa shape index (κ3) is 2.72. The maximum atomic E-state index is 12.0. The molecule has 1 heterocycles. The molecule has 1 aromatic carbocycles. The average Bonchev–Trinajstić information content (AvgIpc) is 2.28. The number of benzene rings is 1. The van der Waals surface area contributed by atoms with Gasteiger partial charge in [-0.3, -0.25) is 4.79 Å². The molecule has 1 atom stereocenters. The summed E-state index contributed by atoms with van der Waals surface area (Å²) < 4.78 is 10.1. The van der Waals surface area contributed by atoms with Gasteiger partial charge in [-0.25, -0.2) is 0 Å². The fraction of sp³-hybridized carbons (Fsp3) is 0.533. The van der Waals surface area contributed by atoms with Crippen molar-refractivity contribution in [1.82, 2.24) is 0 Å². The minimum absolute atomic E-state index is 0.145. The van der Waals surface area contributed by atoms with Crippen LogP contribution >= 0.6 is 0 Å². The molecule has 98 valence electrons. The van der Waals surface area contributed by atoms with Crippen LogP contribution in [0.3, 0.4) is 0 Å². The Kier molecular flexibility index (Phi) is 4.02. The van der Waals surface area contributed by atoms with Crippen LogP contribution in [0.25, 0.3) is 0 Å². The average molecular weight is 248 g/mol. The van der Waals surface area contributed by atoms with Gasteiger partial charge in [0, 0.05) is 5.92 Å². The van der Waals surface area contributed by atoms with Crippen LogP contribution in [0.15, 0.2) is 18.2 Å². The van der Waals surface area contributed by atoms with E-state index in [1.807, 2.05) is 6.07 Å². The van der Waals surface area contributed by atoms with E-state index in [1.54, 1.807) is 0 Å². The van der Waals surface area contributed by atoms with E-state index >= 15 is 0 Å². The SMILES string of the molecule is COC(=O)C(CC1COC1)c1ccc(C)cc1C. The zero-order chi connectivity index (χ0) is 13.1. The molecule has 3 heteroatoms. The van der Waals surface area contributed by atoms with Gasteiger partial charge in [0.05, 0.1) is 26.2 Å². The lowest BCUT2D eigenvalue weighted by Crippen LogP contribution is -2.31. The third-order valence-electron chi connectivity index (χ3n) is 3.56. The third-order valence-corrected chi connectivity index (χ3v) is 3.56. The molecule has 0 aromatic heterocycles. The van der Waals surface area contributed by atoms with E-state index in [0.29, 0.717) is 5.92 Å². The fourth-order valence-electron chi connectivity index (χ4n) is 2.46. The lowest BCUT2D eigenvalue weighted by Gasteiger charge is -2.29. The molecule has 0 N–H and O–H groups in total. The molecule has 0 radical (unpaired) electrons. The molecule has 0 aliphatic carbocycles. The summed E-state index contributed by atoms with van der Waals surface area (Å²) >= 11 is 0. The first-order valence-electron chi connectivity index (χ1n) is 6.34. The van der Waals surface area contributed by atoms with Crippen LogP contribution in [0.4, 0.5) is 0 Å². The molecule has 18 heavy (non-hydrogen) atoms. The highest BCUT2D eigenvalue weighted by Gasteiger charge is 2.30. The molecule has 0 saturated carbocycles. The van der Waals surface area contributed by atoms with E-state index in [1.165, 1.54) is 12.7 Å². The van der Waals surface area contributed by atoms with Crippen LogP contribution in [-0.2, 0) is 14.3 Å². The number of carbonyl (C=O) groups is 1. The molecular formula is C15H20O3. The number of aryl methyl sites for hydroxylation is 2.